The molecule has 1 rings (SSSR count). The van der Waals surface area contributed by atoms with Crippen molar-refractivity contribution in [3.05, 3.63) is 0 Å². The minimum absolute atomic E-state index is 0.0408. The van der Waals surface area contributed by atoms with Gasteiger partial charge < -0.3 is 15.3 Å². The first-order valence-electron chi connectivity index (χ1n) is 7.67. The highest BCUT2D eigenvalue weighted by molar-refractivity contribution is 5.77. The van der Waals surface area contributed by atoms with Gasteiger partial charge in [0.2, 0.25) is 0 Å². The van der Waals surface area contributed by atoms with E-state index in [1.54, 1.807) is 11.9 Å². The number of hydrogen-bond acceptors (Lipinski definition) is 2. The maximum atomic E-state index is 12.3. The number of carboxylic acids is 1. The summed E-state index contributed by atoms with van der Waals surface area (Å²) in [4.78, 5) is 25.1. The Bertz CT molecular complexity index is 338. The van der Waals surface area contributed by atoms with Crippen LogP contribution in [0.15, 0.2) is 0 Å². The van der Waals surface area contributed by atoms with Crippen LogP contribution in [0.2, 0.25) is 0 Å². The second-order valence-electron chi connectivity index (χ2n) is 6.05. The van der Waals surface area contributed by atoms with E-state index in [0.717, 1.165) is 44.9 Å². The highest BCUT2D eigenvalue weighted by Gasteiger charge is 2.40. The van der Waals surface area contributed by atoms with Gasteiger partial charge in [0.1, 0.15) is 0 Å². The first-order chi connectivity index (χ1) is 9.41. The van der Waals surface area contributed by atoms with Crippen molar-refractivity contribution < 1.29 is 14.7 Å². The van der Waals surface area contributed by atoms with Crippen molar-refractivity contribution >= 4 is 12.0 Å². The minimum atomic E-state index is -0.826. The molecule has 5 nitrogen and oxygen atoms in total. The summed E-state index contributed by atoms with van der Waals surface area (Å²) in [6.45, 7) is 4.07. The number of hydrogen-bond donors (Lipinski definition) is 2. The minimum Gasteiger partial charge on any atom is -0.481 e. The lowest BCUT2D eigenvalue weighted by atomic mass is 9.78. The molecule has 0 heterocycles. The number of rotatable bonds is 6. The van der Waals surface area contributed by atoms with E-state index in [0.29, 0.717) is 0 Å². The maximum Gasteiger partial charge on any atom is 0.317 e. The van der Waals surface area contributed by atoms with E-state index in [4.69, 9.17) is 5.11 Å². The van der Waals surface area contributed by atoms with Crippen molar-refractivity contribution in [1.82, 2.24) is 10.2 Å². The summed E-state index contributed by atoms with van der Waals surface area (Å²) >= 11 is 0. The quantitative estimate of drug-likeness (QED) is 0.787. The maximum absolute atomic E-state index is 12.3. The van der Waals surface area contributed by atoms with Gasteiger partial charge in [0.25, 0.3) is 0 Å². The van der Waals surface area contributed by atoms with Gasteiger partial charge in [-0.1, -0.05) is 32.6 Å². The topological polar surface area (TPSA) is 69.6 Å². The van der Waals surface area contributed by atoms with Crippen LogP contribution >= 0.6 is 0 Å². The van der Waals surface area contributed by atoms with Crippen LogP contribution in [-0.4, -0.2) is 40.6 Å². The van der Waals surface area contributed by atoms with Crippen LogP contribution in [0.4, 0.5) is 4.79 Å². The summed E-state index contributed by atoms with van der Waals surface area (Å²) in [6, 6.07) is -0.0190. The molecule has 0 aromatic carbocycles. The van der Waals surface area contributed by atoms with E-state index in [1.807, 2.05) is 6.92 Å². The van der Waals surface area contributed by atoms with Crippen LogP contribution in [0.3, 0.4) is 0 Å². The third-order valence-corrected chi connectivity index (χ3v) is 4.37. The largest absolute Gasteiger partial charge is 0.481 e. The van der Waals surface area contributed by atoms with E-state index >= 15 is 0 Å². The Kier molecular flexibility index (Phi) is 6.30. The summed E-state index contributed by atoms with van der Waals surface area (Å²) in [6.07, 6.45) is 6.68. The molecule has 1 aliphatic carbocycles. The number of carbonyl (C=O) groups is 2. The van der Waals surface area contributed by atoms with Gasteiger partial charge >= 0.3 is 12.0 Å². The van der Waals surface area contributed by atoms with Gasteiger partial charge in [-0.25, -0.2) is 4.79 Å². The molecule has 0 bridgehead atoms. The first-order valence-corrected chi connectivity index (χ1v) is 7.67. The summed E-state index contributed by atoms with van der Waals surface area (Å²) in [7, 11) is 1.74. The third-order valence-electron chi connectivity index (χ3n) is 4.37. The Morgan fingerprint density at radius 1 is 1.30 bits per heavy atom. The zero-order chi connectivity index (χ0) is 15.2. The Morgan fingerprint density at radius 3 is 2.40 bits per heavy atom. The highest BCUT2D eigenvalue weighted by atomic mass is 16.4. The van der Waals surface area contributed by atoms with Gasteiger partial charge in [-0.15, -0.1) is 0 Å². The normalized spacial score (nSPS) is 19.1. The van der Waals surface area contributed by atoms with Crippen LogP contribution in [-0.2, 0) is 4.79 Å². The zero-order valence-electron chi connectivity index (χ0n) is 12.9. The van der Waals surface area contributed by atoms with Crippen LogP contribution in [0, 0.1) is 0 Å². The van der Waals surface area contributed by atoms with E-state index in [-0.39, 0.29) is 18.5 Å². The Balaban J connectivity index is 2.74. The predicted octanol–water partition coefficient (Wildman–Crippen LogP) is 2.99. The van der Waals surface area contributed by atoms with Crippen LogP contribution in [0.25, 0.3) is 0 Å². The smallest absolute Gasteiger partial charge is 0.317 e. The fraction of sp³-hybridized carbons (Fsp3) is 0.867. The number of nitrogens with one attached hydrogen (secondary N) is 1. The van der Waals surface area contributed by atoms with Gasteiger partial charge in [0.05, 0.1) is 12.0 Å². The van der Waals surface area contributed by atoms with Crippen molar-refractivity contribution in [2.24, 2.45) is 0 Å². The number of urea groups is 1. The molecule has 20 heavy (non-hydrogen) atoms. The monoisotopic (exact) mass is 284 g/mol. The molecule has 5 heteroatoms. The van der Waals surface area contributed by atoms with Gasteiger partial charge in [0.15, 0.2) is 0 Å². The Morgan fingerprint density at radius 2 is 1.90 bits per heavy atom. The molecule has 0 saturated heterocycles. The molecule has 0 aliphatic heterocycles. The lowest BCUT2D eigenvalue weighted by molar-refractivity contribution is -0.140. The van der Waals surface area contributed by atoms with Gasteiger partial charge in [-0.2, -0.15) is 0 Å². The van der Waals surface area contributed by atoms with E-state index < -0.39 is 11.5 Å². The molecule has 0 aromatic heterocycles. The molecule has 116 valence electrons. The molecule has 1 unspecified atom stereocenters. The van der Waals surface area contributed by atoms with Crippen LogP contribution in [0.1, 0.15) is 65.2 Å². The standard InChI is InChI=1S/C15H28N2O3/c1-4-8-12(2)16-14(20)17(3)15(11-13(18)19)9-6-5-7-10-15/h12H,4-11H2,1-3H3,(H,16,20)(H,18,19). The lowest BCUT2D eigenvalue weighted by Gasteiger charge is -2.44. The van der Waals surface area contributed by atoms with Crippen molar-refractivity contribution in [3.8, 4) is 0 Å². The van der Waals surface area contributed by atoms with Crippen molar-refractivity contribution in [2.45, 2.75) is 76.8 Å². The molecule has 1 saturated carbocycles. The second-order valence-corrected chi connectivity index (χ2v) is 6.05. The van der Waals surface area contributed by atoms with Crippen LogP contribution < -0.4 is 5.32 Å². The molecule has 2 amide bonds. The number of carboxylic acid groups (broad SMARTS) is 1. The molecule has 1 aliphatic rings. The predicted molar refractivity (Wildman–Crippen MR) is 78.7 cm³/mol. The fourth-order valence-corrected chi connectivity index (χ4v) is 3.15. The molecule has 0 spiro atoms. The molecule has 1 fully saturated rings. The van der Waals surface area contributed by atoms with E-state index in [1.165, 1.54) is 0 Å². The van der Waals surface area contributed by atoms with Crippen molar-refractivity contribution in [1.29, 1.82) is 0 Å². The van der Waals surface area contributed by atoms with Gasteiger partial charge in [-0.05, 0) is 26.2 Å². The second kappa shape index (κ2) is 7.50. The SMILES string of the molecule is CCCC(C)NC(=O)N(C)C1(CC(=O)O)CCCCC1. The van der Waals surface area contributed by atoms with Gasteiger partial charge in [0, 0.05) is 13.1 Å². The molecule has 0 aromatic rings. The fourth-order valence-electron chi connectivity index (χ4n) is 3.15. The van der Waals surface area contributed by atoms with Crippen molar-refractivity contribution in [2.75, 3.05) is 7.05 Å². The molecule has 0 radical (unpaired) electrons. The molecular formula is C15H28N2O3. The average Bonchev–Trinajstić information content (AvgIpc) is 2.38. The van der Waals surface area contributed by atoms with E-state index in [2.05, 4.69) is 12.2 Å². The lowest BCUT2D eigenvalue weighted by Crippen LogP contribution is -2.56. The first kappa shape index (κ1) is 16.8. The Labute approximate surface area is 121 Å². The number of nitrogens with zero attached hydrogens (tertiary/aromatic N) is 1. The highest BCUT2D eigenvalue weighted by Crippen LogP contribution is 2.35. The van der Waals surface area contributed by atoms with Gasteiger partial charge in [-0.3, -0.25) is 4.79 Å². The van der Waals surface area contributed by atoms with Crippen LogP contribution in [0.5, 0.6) is 0 Å². The number of carbonyl (C=O) groups excluding carboxylic acids is 1. The third kappa shape index (κ3) is 4.39. The number of aliphatic carboxylic acids is 1. The molecule has 1 atom stereocenters. The summed E-state index contributed by atoms with van der Waals surface area (Å²) < 4.78 is 0. The molecular weight excluding hydrogens is 256 g/mol. The summed E-state index contributed by atoms with van der Waals surface area (Å²) in [5.41, 5.74) is -0.514. The zero-order valence-corrected chi connectivity index (χ0v) is 12.9. The summed E-state index contributed by atoms with van der Waals surface area (Å²) in [5, 5.41) is 12.1. The number of amides is 2. The van der Waals surface area contributed by atoms with E-state index in [9.17, 15) is 9.59 Å². The van der Waals surface area contributed by atoms with Crippen molar-refractivity contribution in [3.63, 3.8) is 0 Å². The summed E-state index contributed by atoms with van der Waals surface area (Å²) in [5.74, 6) is -0.826. The molecule has 2 N–H and O–H groups in total. The average molecular weight is 284 g/mol. The Hall–Kier alpha value is -1.26.